The van der Waals surface area contributed by atoms with Gasteiger partial charge in [0.15, 0.2) is 5.78 Å². The number of rotatable bonds is 4. The largest absolute Gasteiger partial charge is 0.381 e. The molecule has 0 aromatic carbocycles. The zero-order valence-electron chi connectivity index (χ0n) is 14.5. The van der Waals surface area contributed by atoms with Crippen LogP contribution >= 0.6 is 0 Å². The number of aliphatic imine (C=N–C) groups is 1. The fourth-order valence-corrected chi connectivity index (χ4v) is 3.50. The van der Waals surface area contributed by atoms with Crippen molar-refractivity contribution in [1.82, 2.24) is 20.2 Å². The Balaban J connectivity index is 1.72. The highest BCUT2D eigenvalue weighted by molar-refractivity contribution is 5.83. The predicted molar refractivity (Wildman–Crippen MR) is 97.6 cm³/mol. The van der Waals surface area contributed by atoms with Gasteiger partial charge < -0.3 is 10.1 Å². The molecule has 3 aromatic heterocycles. The molecule has 132 valence electrons. The van der Waals surface area contributed by atoms with Gasteiger partial charge in [-0.05, 0) is 30.5 Å². The van der Waals surface area contributed by atoms with Crippen LogP contribution < -0.4 is 0 Å². The maximum atomic E-state index is 11.5. The molecule has 0 fully saturated rings. The van der Waals surface area contributed by atoms with Gasteiger partial charge in [0, 0.05) is 53.6 Å². The standard InChI is InChI=1S/C19H19N5O2/c1-10-14(12-5-13(7-20-6-12)18(26)11(2)25)8-21-19-17(10)15(9-22-19)16-3-4-23-24-16/h3-10,14,18,22,26H,1-2H3,(H,23,24). The summed E-state index contributed by atoms with van der Waals surface area (Å²) in [7, 11) is 0. The molecule has 0 saturated carbocycles. The summed E-state index contributed by atoms with van der Waals surface area (Å²) < 4.78 is 0. The first kappa shape index (κ1) is 16.4. The SMILES string of the molecule is CC(=O)C(O)c1cncc(C2C=Nc3[nH]cc(-c4ccn[nH]4)c3C2C)c1. The Morgan fingerprint density at radius 3 is 2.92 bits per heavy atom. The fourth-order valence-electron chi connectivity index (χ4n) is 3.50. The molecular formula is C19H19N5O2. The van der Waals surface area contributed by atoms with E-state index in [1.54, 1.807) is 12.4 Å². The Kier molecular flexibility index (Phi) is 4.00. The highest BCUT2D eigenvalue weighted by atomic mass is 16.3. The number of aliphatic hydroxyl groups is 1. The van der Waals surface area contributed by atoms with Crippen molar-refractivity contribution in [3.05, 3.63) is 53.6 Å². The van der Waals surface area contributed by atoms with Gasteiger partial charge in [0.05, 0.1) is 5.69 Å². The molecular weight excluding hydrogens is 330 g/mol. The number of ketones is 1. The summed E-state index contributed by atoms with van der Waals surface area (Å²) in [5.74, 6) is 0.667. The zero-order chi connectivity index (χ0) is 18.3. The molecule has 3 atom stereocenters. The van der Waals surface area contributed by atoms with E-state index in [1.165, 1.54) is 13.1 Å². The van der Waals surface area contributed by atoms with Gasteiger partial charge >= 0.3 is 0 Å². The zero-order valence-corrected chi connectivity index (χ0v) is 14.5. The van der Waals surface area contributed by atoms with Crippen molar-refractivity contribution in [3.63, 3.8) is 0 Å². The Hall–Kier alpha value is -3.06. The lowest BCUT2D eigenvalue weighted by Crippen LogP contribution is -2.15. The molecule has 0 bridgehead atoms. The molecule has 3 aromatic rings. The summed E-state index contributed by atoms with van der Waals surface area (Å²) in [6, 6.07) is 3.76. The number of pyridine rings is 1. The number of Topliss-reactive ketones (excluding diaryl/α,β-unsaturated/α-hetero) is 1. The first-order valence-corrected chi connectivity index (χ1v) is 8.45. The van der Waals surface area contributed by atoms with Crippen molar-refractivity contribution in [2.75, 3.05) is 0 Å². The highest BCUT2D eigenvalue weighted by Gasteiger charge is 2.30. The summed E-state index contributed by atoms with van der Waals surface area (Å²) in [6.07, 6.45) is 7.68. The molecule has 0 radical (unpaired) electrons. The molecule has 1 aliphatic heterocycles. The van der Waals surface area contributed by atoms with E-state index >= 15 is 0 Å². The Morgan fingerprint density at radius 1 is 1.35 bits per heavy atom. The van der Waals surface area contributed by atoms with E-state index in [0.717, 1.165) is 28.2 Å². The maximum absolute atomic E-state index is 11.5. The number of hydrogen-bond acceptors (Lipinski definition) is 5. The molecule has 0 aliphatic carbocycles. The number of aromatic amines is 2. The van der Waals surface area contributed by atoms with Crippen LogP contribution in [0.5, 0.6) is 0 Å². The lowest BCUT2D eigenvalue weighted by Gasteiger charge is -2.25. The molecule has 7 heteroatoms. The van der Waals surface area contributed by atoms with Crippen molar-refractivity contribution in [2.24, 2.45) is 4.99 Å². The molecule has 0 saturated heterocycles. The van der Waals surface area contributed by atoms with Gasteiger partial charge in [0.1, 0.15) is 11.9 Å². The topological polar surface area (TPSA) is 107 Å². The number of hydrogen-bond donors (Lipinski definition) is 3. The summed E-state index contributed by atoms with van der Waals surface area (Å²) in [5.41, 5.74) is 4.51. The Morgan fingerprint density at radius 2 is 2.19 bits per heavy atom. The van der Waals surface area contributed by atoms with Crippen molar-refractivity contribution in [3.8, 4) is 11.3 Å². The van der Waals surface area contributed by atoms with Gasteiger partial charge in [0.2, 0.25) is 0 Å². The van der Waals surface area contributed by atoms with Crippen molar-refractivity contribution in [2.45, 2.75) is 31.8 Å². The third-order valence-electron chi connectivity index (χ3n) is 4.91. The molecule has 0 spiro atoms. The lowest BCUT2D eigenvalue weighted by molar-refractivity contribution is -0.125. The number of carbonyl (C=O) groups excluding carboxylic acids is 1. The number of aliphatic hydroxyl groups excluding tert-OH is 1. The minimum absolute atomic E-state index is 0.00780. The van der Waals surface area contributed by atoms with Crippen LogP contribution in [-0.2, 0) is 4.79 Å². The summed E-state index contributed by atoms with van der Waals surface area (Å²) in [5, 5.41) is 17.1. The van der Waals surface area contributed by atoms with Crippen LogP contribution in [0, 0.1) is 0 Å². The van der Waals surface area contributed by atoms with E-state index in [4.69, 9.17) is 0 Å². The van der Waals surface area contributed by atoms with E-state index in [0.29, 0.717) is 5.56 Å². The quantitative estimate of drug-likeness (QED) is 0.673. The average Bonchev–Trinajstić information content (AvgIpc) is 3.31. The van der Waals surface area contributed by atoms with Gasteiger partial charge in [-0.3, -0.25) is 14.9 Å². The van der Waals surface area contributed by atoms with Gasteiger partial charge in [-0.2, -0.15) is 5.10 Å². The minimum atomic E-state index is -1.15. The van der Waals surface area contributed by atoms with Gasteiger partial charge in [-0.15, -0.1) is 0 Å². The van der Waals surface area contributed by atoms with Crippen molar-refractivity contribution >= 4 is 17.8 Å². The number of H-pyrrole nitrogens is 2. The lowest BCUT2D eigenvalue weighted by atomic mass is 9.81. The number of aromatic nitrogens is 4. The first-order chi connectivity index (χ1) is 12.6. The fraction of sp³-hybridized carbons (Fsp3) is 0.263. The normalized spacial score (nSPS) is 20.0. The second-order valence-electron chi connectivity index (χ2n) is 6.59. The maximum Gasteiger partial charge on any atom is 0.162 e. The summed E-state index contributed by atoms with van der Waals surface area (Å²) in [6.45, 7) is 3.50. The third-order valence-corrected chi connectivity index (χ3v) is 4.91. The van der Waals surface area contributed by atoms with E-state index in [1.807, 2.05) is 24.5 Å². The van der Waals surface area contributed by atoms with Crippen molar-refractivity contribution in [1.29, 1.82) is 0 Å². The number of carbonyl (C=O) groups is 1. The minimum Gasteiger partial charge on any atom is -0.381 e. The Labute approximate surface area is 150 Å². The van der Waals surface area contributed by atoms with Crippen LogP contribution in [0.2, 0.25) is 0 Å². The van der Waals surface area contributed by atoms with Gasteiger partial charge in [-0.25, -0.2) is 4.99 Å². The number of nitrogens with one attached hydrogen (secondary N) is 2. The first-order valence-electron chi connectivity index (χ1n) is 8.45. The number of fused-ring (bicyclic) bond motifs is 1. The highest BCUT2D eigenvalue weighted by Crippen LogP contribution is 2.44. The number of nitrogens with zero attached hydrogens (tertiary/aromatic N) is 3. The Bertz CT molecular complexity index is 974. The van der Waals surface area contributed by atoms with Crippen LogP contribution in [0.15, 0.2) is 41.9 Å². The monoisotopic (exact) mass is 349 g/mol. The predicted octanol–water partition coefficient (Wildman–Crippen LogP) is 3.03. The van der Waals surface area contributed by atoms with Crippen LogP contribution in [0.4, 0.5) is 5.82 Å². The summed E-state index contributed by atoms with van der Waals surface area (Å²) in [4.78, 5) is 23.5. The van der Waals surface area contributed by atoms with Crippen LogP contribution in [-0.4, -0.2) is 37.3 Å². The molecule has 7 nitrogen and oxygen atoms in total. The second-order valence-corrected chi connectivity index (χ2v) is 6.59. The molecule has 26 heavy (non-hydrogen) atoms. The third kappa shape index (κ3) is 2.66. The molecule has 4 rings (SSSR count). The second kappa shape index (κ2) is 6.34. The molecule has 4 heterocycles. The van der Waals surface area contributed by atoms with E-state index in [2.05, 4.69) is 32.1 Å². The smallest absolute Gasteiger partial charge is 0.162 e. The molecule has 1 aliphatic rings. The molecule has 0 amide bonds. The van der Waals surface area contributed by atoms with Crippen LogP contribution in [0.1, 0.15) is 48.5 Å². The van der Waals surface area contributed by atoms with Crippen LogP contribution in [0.3, 0.4) is 0 Å². The van der Waals surface area contributed by atoms with Crippen molar-refractivity contribution < 1.29 is 9.90 Å². The summed E-state index contributed by atoms with van der Waals surface area (Å²) >= 11 is 0. The van der Waals surface area contributed by atoms with Gasteiger partial charge in [-0.1, -0.05) is 6.92 Å². The van der Waals surface area contributed by atoms with E-state index in [9.17, 15) is 9.90 Å². The average molecular weight is 349 g/mol. The van der Waals surface area contributed by atoms with E-state index in [-0.39, 0.29) is 17.6 Å². The van der Waals surface area contributed by atoms with E-state index < -0.39 is 6.10 Å². The van der Waals surface area contributed by atoms with Crippen LogP contribution in [0.25, 0.3) is 11.3 Å². The van der Waals surface area contributed by atoms with Gasteiger partial charge in [0.25, 0.3) is 0 Å². The molecule has 3 N–H and O–H groups in total. The molecule has 3 unspecified atom stereocenters.